The second-order valence-corrected chi connectivity index (χ2v) is 5.58. The molecule has 1 aromatic carbocycles. The van der Waals surface area contributed by atoms with Gasteiger partial charge in [0, 0.05) is 18.4 Å². The molecule has 98 valence electrons. The Morgan fingerprint density at radius 2 is 1.94 bits per heavy atom. The Labute approximate surface area is 112 Å². The highest BCUT2D eigenvalue weighted by Gasteiger charge is 2.38. The zero-order chi connectivity index (χ0) is 12.6. The van der Waals surface area contributed by atoms with Crippen molar-refractivity contribution in [2.24, 2.45) is 5.73 Å². The van der Waals surface area contributed by atoms with Crippen LogP contribution in [0.2, 0.25) is 5.02 Å². The summed E-state index contributed by atoms with van der Waals surface area (Å²) in [6.45, 7) is 2.01. The Hall–Kier alpha value is -0.930. The predicted octanol–water partition coefficient (Wildman–Crippen LogP) is 2.88. The summed E-state index contributed by atoms with van der Waals surface area (Å²) in [7, 11) is 0. The molecule has 18 heavy (non-hydrogen) atoms. The van der Waals surface area contributed by atoms with Crippen LogP contribution in [0, 0.1) is 0 Å². The van der Waals surface area contributed by atoms with Crippen LogP contribution in [0.5, 0.6) is 11.5 Å². The third-order valence-electron chi connectivity index (χ3n) is 4.12. The van der Waals surface area contributed by atoms with E-state index in [2.05, 4.69) is 6.07 Å². The average Bonchev–Trinajstić information content (AvgIpc) is 2.54. The first-order valence-corrected chi connectivity index (χ1v) is 6.93. The van der Waals surface area contributed by atoms with Gasteiger partial charge in [-0.25, -0.2) is 0 Å². The minimum absolute atomic E-state index is 0.105. The molecule has 0 radical (unpaired) electrons. The van der Waals surface area contributed by atoms with Gasteiger partial charge in [-0.05, 0) is 30.5 Å². The molecule has 4 heteroatoms. The number of fused-ring (bicyclic) bond motifs is 1. The van der Waals surface area contributed by atoms with E-state index in [1.54, 1.807) is 0 Å². The molecule has 0 atom stereocenters. The van der Waals surface area contributed by atoms with Gasteiger partial charge < -0.3 is 15.2 Å². The van der Waals surface area contributed by atoms with E-state index in [0.29, 0.717) is 30.5 Å². The minimum atomic E-state index is 0.105. The van der Waals surface area contributed by atoms with Gasteiger partial charge in [-0.2, -0.15) is 0 Å². The van der Waals surface area contributed by atoms with Crippen LogP contribution in [0.4, 0.5) is 0 Å². The SMILES string of the molecule is NCC1(c2cc(Cl)c3c(c2)OCCCO3)CCC1. The molecule has 0 spiro atoms. The number of hydrogen-bond donors (Lipinski definition) is 1. The molecule has 0 aromatic heterocycles. The van der Waals surface area contributed by atoms with Crippen LogP contribution in [0.3, 0.4) is 0 Å². The standard InChI is InChI=1S/C14H18ClNO2/c15-11-7-10(14(9-16)3-1-4-14)8-12-13(11)18-6-2-5-17-12/h7-8H,1-6,9,16H2. The van der Waals surface area contributed by atoms with Crippen LogP contribution in [-0.2, 0) is 5.41 Å². The monoisotopic (exact) mass is 267 g/mol. The van der Waals surface area contributed by atoms with Crippen LogP contribution in [0.15, 0.2) is 12.1 Å². The van der Waals surface area contributed by atoms with E-state index in [4.69, 9.17) is 26.8 Å². The largest absolute Gasteiger partial charge is 0.489 e. The molecule has 3 rings (SSSR count). The molecule has 0 saturated heterocycles. The lowest BCUT2D eigenvalue weighted by Gasteiger charge is -2.41. The van der Waals surface area contributed by atoms with Gasteiger partial charge in [-0.1, -0.05) is 18.0 Å². The summed E-state index contributed by atoms with van der Waals surface area (Å²) in [5.74, 6) is 1.46. The Kier molecular flexibility index (Phi) is 3.12. The highest BCUT2D eigenvalue weighted by atomic mass is 35.5. The van der Waals surface area contributed by atoms with Crippen LogP contribution in [0.25, 0.3) is 0 Å². The molecular weight excluding hydrogens is 250 g/mol. The summed E-state index contributed by atoms with van der Waals surface area (Å²) in [6.07, 6.45) is 4.41. The third kappa shape index (κ3) is 1.86. The van der Waals surface area contributed by atoms with E-state index in [-0.39, 0.29) is 5.41 Å². The van der Waals surface area contributed by atoms with E-state index in [9.17, 15) is 0 Å². The summed E-state index contributed by atoms with van der Waals surface area (Å²) in [5, 5.41) is 0.643. The van der Waals surface area contributed by atoms with Crippen molar-refractivity contribution in [2.75, 3.05) is 19.8 Å². The van der Waals surface area contributed by atoms with E-state index < -0.39 is 0 Å². The first-order valence-electron chi connectivity index (χ1n) is 6.55. The number of ether oxygens (including phenoxy) is 2. The van der Waals surface area contributed by atoms with Gasteiger partial charge in [0.2, 0.25) is 0 Å². The Morgan fingerprint density at radius 1 is 1.17 bits per heavy atom. The molecular formula is C14H18ClNO2. The molecule has 1 aliphatic carbocycles. The van der Waals surface area contributed by atoms with Crippen LogP contribution < -0.4 is 15.2 Å². The number of hydrogen-bond acceptors (Lipinski definition) is 3. The van der Waals surface area contributed by atoms with Gasteiger partial charge in [0.05, 0.1) is 18.2 Å². The summed E-state index contributed by atoms with van der Waals surface area (Å²) >= 11 is 6.32. The van der Waals surface area contributed by atoms with E-state index in [1.165, 1.54) is 12.0 Å². The first-order chi connectivity index (χ1) is 8.75. The third-order valence-corrected chi connectivity index (χ3v) is 4.40. The number of rotatable bonds is 2. The predicted molar refractivity (Wildman–Crippen MR) is 71.6 cm³/mol. The van der Waals surface area contributed by atoms with Crippen molar-refractivity contribution >= 4 is 11.6 Å². The second-order valence-electron chi connectivity index (χ2n) is 5.17. The van der Waals surface area contributed by atoms with Crippen molar-refractivity contribution < 1.29 is 9.47 Å². The lowest BCUT2D eigenvalue weighted by Crippen LogP contribution is -2.41. The highest BCUT2D eigenvalue weighted by molar-refractivity contribution is 6.32. The van der Waals surface area contributed by atoms with Gasteiger partial charge in [0.25, 0.3) is 0 Å². The van der Waals surface area contributed by atoms with E-state index >= 15 is 0 Å². The number of halogens is 1. The van der Waals surface area contributed by atoms with Gasteiger partial charge >= 0.3 is 0 Å². The zero-order valence-electron chi connectivity index (χ0n) is 10.4. The van der Waals surface area contributed by atoms with Gasteiger partial charge in [0.15, 0.2) is 11.5 Å². The molecule has 0 bridgehead atoms. The summed E-state index contributed by atoms with van der Waals surface area (Å²) < 4.78 is 11.4. The first kappa shape index (κ1) is 12.1. The zero-order valence-corrected chi connectivity index (χ0v) is 11.1. The van der Waals surface area contributed by atoms with E-state index in [0.717, 1.165) is 25.0 Å². The van der Waals surface area contributed by atoms with E-state index in [1.807, 2.05) is 6.07 Å². The quantitative estimate of drug-likeness (QED) is 0.896. The Morgan fingerprint density at radius 3 is 2.61 bits per heavy atom. The van der Waals surface area contributed by atoms with Gasteiger partial charge in [-0.15, -0.1) is 0 Å². The maximum absolute atomic E-state index is 6.32. The summed E-state index contributed by atoms with van der Waals surface area (Å²) in [4.78, 5) is 0. The summed E-state index contributed by atoms with van der Waals surface area (Å²) in [5.41, 5.74) is 7.25. The maximum atomic E-state index is 6.32. The molecule has 1 aliphatic heterocycles. The fourth-order valence-electron chi connectivity index (χ4n) is 2.75. The molecule has 0 amide bonds. The Bertz CT molecular complexity index is 452. The van der Waals surface area contributed by atoms with Crippen LogP contribution in [-0.4, -0.2) is 19.8 Å². The highest BCUT2D eigenvalue weighted by Crippen LogP contribution is 2.47. The lowest BCUT2D eigenvalue weighted by molar-refractivity contribution is 0.251. The molecule has 1 fully saturated rings. The van der Waals surface area contributed by atoms with Crippen molar-refractivity contribution in [1.82, 2.24) is 0 Å². The molecule has 1 aromatic rings. The number of benzene rings is 1. The van der Waals surface area contributed by atoms with Gasteiger partial charge in [0.1, 0.15) is 0 Å². The molecule has 1 saturated carbocycles. The summed E-state index contributed by atoms with van der Waals surface area (Å²) in [6, 6.07) is 4.07. The normalized spacial score (nSPS) is 21.0. The van der Waals surface area contributed by atoms with Gasteiger partial charge in [-0.3, -0.25) is 0 Å². The topological polar surface area (TPSA) is 44.5 Å². The fraction of sp³-hybridized carbons (Fsp3) is 0.571. The molecule has 2 aliphatic rings. The smallest absolute Gasteiger partial charge is 0.179 e. The van der Waals surface area contributed by atoms with Crippen molar-refractivity contribution in [3.63, 3.8) is 0 Å². The minimum Gasteiger partial charge on any atom is -0.489 e. The van der Waals surface area contributed by atoms with Crippen LogP contribution in [0.1, 0.15) is 31.2 Å². The average molecular weight is 268 g/mol. The molecule has 2 N–H and O–H groups in total. The van der Waals surface area contributed by atoms with Crippen LogP contribution >= 0.6 is 11.6 Å². The Balaban J connectivity index is 2.02. The van der Waals surface area contributed by atoms with Crippen molar-refractivity contribution in [3.8, 4) is 11.5 Å². The number of nitrogens with two attached hydrogens (primary N) is 1. The molecule has 3 nitrogen and oxygen atoms in total. The molecule has 0 unspecified atom stereocenters. The maximum Gasteiger partial charge on any atom is 0.179 e. The second kappa shape index (κ2) is 4.63. The van der Waals surface area contributed by atoms with Crippen molar-refractivity contribution in [1.29, 1.82) is 0 Å². The fourth-order valence-corrected chi connectivity index (χ4v) is 3.02. The molecule has 1 heterocycles. The van der Waals surface area contributed by atoms with Crippen molar-refractivity contribution in [3.05, 3.63) is 22.7 Å². The lowest BCUT2D eigenvalue weighted by atomic mass is 9.64. The van der Waals surface area contributed by atoms with Crippen molar-refractivity contribution in [2.45, 2.75) is 31.1 Å².